The molecule has 0 aliphatic heterocycles. The maximum absolute atomic E-state index is 12.8. The third kappa shape index (κ3) is 3.54. The molecule has 0 aromatic carbocycles. The van der Waals surface area contributed by atoms with Gasteiger partial charge in [0, 0.05) is 29.7 Å². The maximum atomic E-state index is 12.8. The van der Waals surface area contributed by atoms with Crippen LogP contribution in [0.15, 0.2) is 42.9 Å². The summed E-state index contributed by atoms with van der Waals surface area (Å²) < 4.78 is 5.27. The number of hydrogen-bond donors (Lipinski definition) is 2. The van der Waals surface area contributed by atoms with E-state index in [9.17, 15) is 9.59 Å². The molecule has 2 N–H and O–H groups in total. The van der Waals surface area contributed by atoms with Crippen molar-refractivity contribution >= 4 is 12.0 Å². The summed E-state index contributed by atoms with van der Waals surface area (Å²) in [5.41, 5.74) is -0.256. The number of pyridine rings is 1. The van der Waals surface area contributed by atoms with Crippen LogP contribution in [0, 0.1) is 11.8 Å². The third-order valence-electron chi connectivity index (χ3n) is 6.43. The Morgan fingerprint density at radius 2 is 1.55 bits per heavy atom. The highest BCUT2D eigenvalue weighted by Gasteiger charge is 2.59. The first kappa shape index (κ1) is 18.0. The minimum absolute atomic E-state index is 0.0351. The van der Waals surface area contributed by atoms with E-state index in [1.807, 2.05) is 6.07 Å². The number of nitrogens with zero attached hydrogens (tertiary/aromatic N) is 3. The largest absolute Gasteiger partial charge is 0.415 e. The molecule has 4 aliphatic rings. The van der Waals surface area contributed by atoms with Crippen molar-refractivity contribution in [1.29, 1.82) is 0 Å². The fourth-order valence-corrected chi connectivity index (χ4v) is 6.02. The molecule has 2 atom stereocenters. The molecular weight excluding hydrogens is 370 g/mol. The number of carbonyl (C=O) groups is 2. The van der Waals surface area contributed by atoms with Gasteiger partial charge in [-0.05, 0) is 68.6 Å². The van der Waals surface area contributed by atoms with Gasteiger partial charge in [-0.2, -0.15) is 0 Å². The number of rotatable bonds is 4. The summed E-state index contributed by atoms with van der Waals surface area (Å²) in [7, 11) is 0. The van der Waals surface area contributed by atoms with Gasteiger partial charge in [-0.1, -0.05) is 6.07 Å². The highest BCUT2D eigenvalue weighted by Crippen LogP contribution is 2.57. The molecule has 0 spiro atoms. The zero-order chi connectivity index (χ0) is 19.9. The Labute approximate surface area is 168 Å². The molecule has 4 saturated carbocycles. The van der Waals surface area contributed by atoms with E-state index in [2.05, 4.69) is 25.6 Å². The van der Waals surface area contributed by atoms with E-state index >= 15 is 0 Å². The number of amides is 2. The van der Waals surface area contributed by atoms with E-state index in [1.165, 1.54) is 12.4 Å². The zero-order valence-corrected chi connectivity index (χ0v) is 16.0. The Morgan fingerprint density at radius 3 is 2.21 bits per heavy atom. The lowest BCUT2D eigenvalue weighted by molar-refractivity contribution is -0.0450. The minimum Gasteiger partial charge on any atom is -0.374 e. The molecule has 2 aromatic heterocycles. The fraction of sp³-hybridized carbons (Fsp3) is 0.476. The Kier molecular flexibility index (Phi) is 4.22. The molecule has 29 heavy (non-hydrogen) atoms. The van der Waals surface area contributed by atoms with Gasteiger partial charge in [0.25, 0.3) is 5.91 Å². The summed E-state index contributed by atoms with van der Waals surface area (Å²) in [5.74, 6) is 0.810. The average Bonchev–Trinajstić information content (AvgIpc) is 2.67. The molecule has 0 saturated heterocycles. The van der Waals surface area contributed by atoms with Gasteiger partial charge in [0.1, 0.15) is 5.69 Å². The fourth-order valence-electron chi connectivity index (χ4n) is 6.02. The molecule has 2 unspecified atom stereocenters. The normalized spacial score (nSPS) is 31.9. The number of hydrogen-bond acceptors (Lipinski definition) is 6. The summed E-state index contributed by atoms with van der Waals surface area (Å²) in [4.78, 5) is 37.4. The van der Waals surface area contributed by atoms with E-state index in [0.29, 0.717) is 24.0 Å². The molecule has 4 bridgehead atoms. The smallest absolute Gasteiger partial charge is 0.374 e. The Bertz CT molecular complexity index is 906. The molecule has 0 radical (unpaired) electrons. The topological polar surface area (TPSA) is 106 Å². The van der Waals surface area contributed by atoms with E-state index in [0.717, 1.165) is 32.1 Å². The molecule has 4 aliphatic carbocycles. The first-order chi connectivity index (χ1) is 14.0. The second-order valence-electron chi connectivity index (χ2n) is 8.74. The molecule has 2 heterocycles. The van der Waals surface area contributed by atoms with Crippen molar-refractivity contribution in [3.8, 4) is 6.01 Å². The average molecular weight is 393 g/mol. The molecule has 2 aromatic rings. The number of nitrogens with one attached hydrogen (secondary N) is 2. The monoisotopic (exact) mass is 393 g/mol. The van der Waals surface area contributed by atoms with Crippen LogP contribution in [-0.2, 0) is 0 Å². The van der Waals surface area contributed by atoms with Crippen molar-refractivity contribution in [2.75, 3.05) is 0 Å². The predicted octanol–water partition coefficient (Wildman–Crippen LogP) is 2.48. The van der Waals surface area contributed by atoms with Gasteiger partial charge in [-0.15, -0.1) is 0 Å². The van der Waals surface area contributed by atoms with Crippen LogP contribution in [0.25, 0.3) is 0 Å². The summed E-state index contributed by atoms with van der Waals surface area (Å²) in [5, 5.41) is 6.37. The van der Waals surface area contributed by atoms with E-state index in [-0.39, 0.29) is 23.0 Å². The lowest BCUT2D eigenvalue weighted by Gasteiger charge is -2.61. The summed E-state index contributed by atoms with van der Waals surface area (Å²) in [6, 6.07) is 7.03. The number of aromatic nitrogens is 3. The van der Waals surface area contributed by atoms with Gasteiger partial charge < -0.3 is 15.4 Å². The number of ether oxygens (including phenoxy) is 1. The van der Waals surface area contributed by atoms with Gasteiger partial charge in [-0.3, -0.25) is 9.78 Å². The SMILES string of the molecule is O=C(NC12CC3CC(C1)CC(NC(=O)c1ccccn1)(C3)C2)Oc1ncccn1. The second kappa shape index (κ2) is 6.79. The van der Waals surface area contributed by atoms with E-state index in [1.54, 1.807) is 24.4 Å². The molecule has 2 amide bonds. The van der Waals surface area contributed by atoms with Crippen LogP contribution in [0.4, 0.5) is 4.79 Å². The maximum Gasteiger partial charge on any atom is 0.415 e. The van der Waals surface area contributed by atoms with Crippen LogP contribution in [-0.4, -0.2) is 38.0 Å². The molecule has 8 nitrogen and oxygen atoms in total. The van der Waals surface area contributed by atoms with Gasteiger partial charge in [0.2, 0.25) is 0 Å². The summed E-state index contributed by atoms with van der Waals surface area (Å²) in [6.45, 7) is 0. The van der Waals surface area contributed by atoms with Crippen molar-refractivity contribution in [1.82, 2.24) is 25.6 Å². The summed E-state index contributed by atoms with van der Waals surface area (Å²) in [6.07, 6.45) is 9.72. The first-order valence-corrected chi connectivity index (χ1v) is 10.0. The van der Waals surface area contributed by atoms with Crippen LogP contribution in [0.1, 0.15) is 49.0 Å². The minimum atomic E-state index is -0.538. The molecule has 8 heteroatoms. The highest BCUT2D eigenvalue weighted by atomic mass is 16.6. The molecular formula is C21H23N5O3. The van der Waals surface area contributed by atoms with Crippen LogP contribution >= 0.6 is 0 Å². The zero-order valence-electron chi connectivity index (χ0n) is 16.0. The number of carbonyl (C=O) groups excluding carboxylic acids is 2. The lowest BCUT2D eigenvalue weighted by atomic mass is 9.50. The van der Waals surface area contributed by atoms with Gasteiger partial charge in [-0.25, -0.2) is 14.8 Å². The lowest BCUT2D eigenvalue weighted by Crippen LogP contribution is -2.70. The molecule has 4 fully saturated rings. The van der Waals surface area contributed by atoms with Crippen LogP contribution in [0.5, 0.6) is 6.01 Å². The van der Waals surface area contributed by atoms with Crippen LogP contribution in [0.2, 0.25) is 0 Å². The Morgan fingerprint density at radius 1 is 0.897 bits per heavy atom. The van der Waals surface area contributed by atoms with Crippen molar-refractivity contribution < 1.29 is 14.3 Å². The quantitative estimate of drug-likeness (QED) is 0.827. The highest BCUT2D eigenvalue weighted by molar-refractivity contribution is 5.92. The first-order valence-electron chi connectivity index (χ1n) is 10.0. The van der Waals surface area contributed by atoms with Gasteiger partial charge in [0.05, 0.1) is 0 Å². The predicted molar refractivity (Wildman–Crippen MR) is 103 cm³/mol. The molecule has 150 valence electrons. The van der Waals surface area contributed by atoms with E-state index in [4.69, 9.17) is 4.74 Å². The Balaban J connectivity index is 1.33. The van der Waals surface area contributed by atoms with Gasteiger partial charge in [0.15, 0.2) is 0 Å². The van der Waals surface area contributed by atoms with Crippen molar-refractivity contribution in [3.05, 3.63) is 48.5 Å². The Hall–Kier alpha value is -3.03. The van der Waals surface area contributed by atoms with Gasteiger partial charge >= 0.3 is 12.1 Å². The standard InChI is InChI=1S/C21H23N5O3/c27-17(16-4-1-2-5-22-16)25-20-9-14-8-15(10-20)12-21(11-14,13-20)26-19(28)29-18-23-6-3-7-24-18/h1-7,14-15H,8-13H2,(H,25,27)(H,26,28). The second-order valence-corrected chi connectivity index (χ2v) is 8.74. The van der Waals surface area contributed by atoms with Crippen LogP contribution < -0.4 is 15.4 Å². The van der Waals surface area contributed by atoms with Crippen molar-refractivity contribution in [2.45, 2.75) is 49.6 Å². The van der Waals surface area contributed by atoms with Crippen LogP contribution in [0.3, 0.4) is 0 Å². The summed E-state index contributed by atoms with van der Waals surface area (Å²) >= 11 is 0. The molecule has 6 rings (SSSR count). The van der Waals surface area contributed by atoms with Crippen molar-refractivity contribution in [2.24, 2.45) is 11.8 Å². The van der Waals surface area contributed by atoms with E-state index < -0.39 is 6.09 Å². The van der Waals surface area contributed by atoms with Crippen molar-refractivity contribution in [3.63, 3.8) is 0 Å². The third-order valence-corrected chi connectivity index (χ3v) is 6.43.